The molecule has 0 amide bonds. The highest BCUT2D eigenvalue weighted by molar-refractivity contribution is 9.10. The smallest absolute Gasteiger partial charge is 0.163 e. The van der Waals surface area contributed by atoms with Crippen LogP contribution in [0.1, 0.15) is 24.4 Å². The molecule has 0 atom stereocenters. The van der Waals surface area contributed by atoms with Gasteiger partial charge in [-0.3, -0.25) is 4.90 Å². The number of anilines is 1. The van der Waals surface area contributed by atoms with Crippen molar-refractivity contribution in [2.45, 2.75) is 25.4 Å². The summed E-state index contributed by atoms with van der Waals surface area (Å²) in [5, 5.41) is 5.76. The highest BCUT2D eigenvalue weighted by Gasteiger charge is 2.25. The SMILES string of the molecule is Brc1ccc(CN2CCC(n3ncc4c(N5CCOCC5)ncnc43)CC2)cn1. The van der Waals surface area contributed by atoms with Crippen molar-refractivity contribution >= 4 is 32.8 Å². The van der Waals surface area contributed by atoms with Gasteiger partial charge in [0.25, 0.3) is 0 Å². The minimum Gasteiger partial charge on any atom is -0.378 e. The minimum atomic E-state index is 0.374. The Bertz CT molecular complexity index is 963. The second-order valence-electron chi connectivity index (χ2n) is 7.62. The molecule has 0 unspecified atom stereocenters. The number of pyridine rings is 1. The lowest BCUT2D eigenvalue weighted by molar-refractivity contribution is 0.122. The fourth-order valence-electron chi connectivity index (χ4n) is 4.22. The first kappa shape index (κ1) is 18.9. The van der Waals surface area contributed by atoms with Gasteiger partial charge in [0.2, 0.25) is 0 Å². The molecule has 2 fully saturated rings. The Morgan fingerprint density at radius 2 is 1.83 bits per heavy atom. The summed E-state index contributed by atoms with van der Waals surface area (Å²) in [6.07, 6.45) is 7.68. The fraction of sp³-hybridized carbons (Fsp3) is 0.500. The number of hydrogen-bond acceptors (Lipinski definition) is 7. The van der Waals surface area contributed by atoms with Crippen LogP contribution in [0.4, 0.5) is 5.82 Å². The molecule has 5 heterocycles. The molecule has 0 aliphatic carbocycles. The zero-order chi connectivity index (χ0) is 19.6. The van der Waals surface area contributed by atoms with Crippen LogP contribution in [0.5, 0.6) is 0 Å². The Morgan fingerprint density at radius 1 is 1.00 bits per heavy atom. The fourth-order valence-corrected chi connectivity index (χ4v) is 4.46. The Balaban J connectivity index is 1.29. The van der Waals surface area contributed by atoms with Crippen LogP contribution in [0.25, 0.3) is 11.0 Å². The number of fused-ring (bicyclic) bond motifs is 1. The molecule has 0 aromatic carbocycles. The van der Waals surface area contributed by atoms with Crippen LogP contribution in [-0.4, -0.2) is 69.0 Å². The van der Waals surface area contributed by atoms with E-state index in [0.717, 1.165) is 80.2 Å². The average molecular weight is 458 g/mol. The number of nitrogens with zero attached hydrogens (tertiary/aromatic N) is 7. The summed E-state index contributed by atoms with van der Waals surface area (Å²) in [4.78, 5) is 18.2. The highest BCUT2D eigenvalue weighted by Crippen LogP contribution is 2.29. The molecule has 8 nitrogen and oxygen atoms in total. The number of rotatable bonds is 4. The maximum absolute atomic E-state index is 5.48. The molecule has 29 heavy (non-hydrogen) atoms. The molecule has 0 N–H and O–H groups in total. The zero-order valence-electron chi connectivity index (χ0n) is 16.2. The largest absolute Gasteiger partial charge is 0.378 e. The molecule has 9 heteroatoms. The van der Waals surface area contributed by atoms with Crippen LogP contribution >= 0.6 is 15.9 Å². The van der Waals surface area contributed by atoms with Crippen molar-refractivity contribution in [3.63, 3.8) is 0 Å². The third-order valence-corrected chi connectivity index (χ3v) is 6.25. The standard InChI is InChI=1S/C20H24BrN7O/c21-18-2-1-15(11-22-18)13-26-5-3-16(4-6-26)28-20-17(12-25-28)19(23-14-24-20)27-7-9-29-10-8-27/h1-2,11-12,14,16H,3-10,13H2. The molecule has 3 aromatic heterocycles. The summed E-state index contributed by atoms with van der Waals surface area (Å²) in [5.74, 6) is 0.977. The van der Waals surface area contributed by atoms with Crippen LogP contribution < -0.4 is 4.90 Å². The Morgan fingerprint density at radius 3 is 2.59 bits per heavy atom. The highest BCUT2D eigenvalue weighted by atomic mass is 79.9. The monoisotopic (exact) mass is 457 g/mol. The lowest BCUT2D eigenvalue weighted by Gasteiger charge is -2.32. The van der Waals surface area contributed by atoms with E-state index in [4.69, 9.17) is 9.84 Å². The molecule has 0 spiro atoms. The van der Waals surface area contributed by atoms with Crippen LogP contribution in [0.2, 0.25) is 0 Å². The summed E-state index contributed by atoms with van der Waals surface area (Å²) in [6.45, 7) is 6.24. The van der Waals surface area contributed by atoms with Gasteiger partial charge in [0.1, 0.15) is 16.7 Å². The molecule has 5 rings (SSSR count). The molecule has 2 saturated heterocycles. The molecule has 2 aliphatic rings. The van der Waals surface area contributed by atoms with Gasteiger partial charge in [0.05, 0.1) is 30.8 Å². The van der Waals surface area contributed by atoms with Gasteiger partial charge in [0.15, 0.2) is 5.65 Å². The Labute approximate surface area is 178 Å². The first-order valence-electron chi connectivity index (χ1n) is 10.1. The molecule has 0 radical (unpaired) electrons. The lowest BCUT2D eigenvalue weighted by Crippen LogP contribution is -2.37. The molecule has 0 bridgehead atoms. The Hall–Kier alpha value is -2.10. The van der Waals surface area contributed by atoms with E-state index in [9.17, 15) is 0 Å². The lowest BCUT2D eigenvalue weighted by atomic mass is 10.0. The van der Waals surface area contributed by atoms with E-state index < -0.39 is 0 Å². The van der Waals surface area contributed by atoms with Crippen molar-refractivity contribution in [3.8, 4) is 0 Å². The Kier molecular flexibility index (Phi) is 5.43. The zero-order valence-corrected chi connectivity index (χ0v) is 17.8. The van der Waals surface area contributed by atoms with E-state index in [1.165, 1.54) is 5.56 Å². The van der Waals surface area contributed by atoms with Crippen LogP contribution in [0, 0.1) is 0 Å². The van der Waals surface area contributed by atoms with Crippen molar-refractivity contribution in [3.05, 3.63) is 41.0 Å². The van der Waals surface area contributed by atoms with Crippen LogP contribution in [-0.2, 0) is 11.3 Å². The summed E-state index contributed by atoms with van der Waals surface area (Å²) in [6, 6.07) is 4.51. The van der Waals surface area contributed by atoms with Crippen molar-refractivity contribution in [2.75, 3.05) is 44.3 Å². The normalized spacial score (nSPS) is 19.1. The maximum Gasteiger partial charge on any atom is 0.163 e. The number of aromatic nitrogens is 5. The number of ether oxygens (including phenoxy) is 1. The summed E-state index contributed by atoms with van der Waals surface area (Å²) >= 11 is 3.40. The van der Waals surface area contributed by atoms with Crippen molar-refractivity contribution in [1.82, 2.24) is 29.6 Å². The van der Waals surface area contributed by atoms with Crippen molar-refractivity contribution in [1.29, 1.82) is 0 Å². The van der Waals surface area contributed by atoms with Gasteiger partial charge in [-0.1, -0.05) is 6.07 Å². The average Bonchev–Trinajstić information content (AvgIpc) is 3.21. The summed E-state index contributed by atoms with van der Waals surface area (Å²) < 4.78 is 8.46. The van der Waals surface area contributed by atoms with E-state index >= 15 is 0 Å². The van der Waals surface area contributed by atoms with E-state index in [1.54, 1.807) is 6.33 Å². The second kappa shape index (κ2) is 8.33. The van der Waals surface area contributed by atoms with Crippen molar-refractivity contribution in [2.24, 2.45) is 0 Å². The van der Waals surface area contributed by atoms with E-state index in [-0.39, 0.29) is 0 Å². The van der Waals surface area contributed by atoms with E-state index in [1.807, 2.05) is 18.5 Å². The maximum atomic E-state index is 5.48. The predicted octanol–water partition coefficient (Wildman–Crippen LogP) is 2.66. The number of morpholine rings is 1. The van der Waals surface area contributed by atoms with Crippen LogP contribution in [0.15, 0.2) is 35.5 Å². The van der Waals surface area contributed by atoms with Gasteiger partial charge >= 0.3 is 0 Å². The molecule has 152 valence electrons. The van der Waals surface area contributed by atoms with Gasteiger partial charge in [-0.2, -0.15) is 5.10 Å². The minimum absolute atomic E-state index is 0.374. The molecular formula is C20H24BrN7O. The van der Waals surface area contributed by atoms with Gasteiger partial charge in [-0.15, -0.1) is 0 Å². The van der Waals surface area contributed by atoms with E-state index in [0.29, 0.717) is 6.04 Å². The van der Waals surface area contributed by atoms with Gasteiger partial charge in [-0.25, -0.2) is 19.6 Å². The quantitative estimate of drug-likeness (QED) is 0.557. The van der Waals surface area contributed by atoms with Gasteiger partial charge < -0.3 is 9.64 Å². The number of likely N-dealkylation sites (tertiary alicyclic amines) is 1. The number of piperidine rings is 1. The number of halogens is 1. The van der Waals surface area contributed by atoms with Gasteiger partial charge in [-0.05, 0) is 40.4 Å². The first-order valence-corrected chi connectivity index (χ1v) is 10.9. The van der Waals surface area contributed by atoms with Crippen LogP contribution in [0.3, 0.4) is 0 Å². The topological polar surface area (TPSA) is 72.2 Å². The number of hydrogen-bond donors (Lipinski definition) is 0. The molecule has 0 saturated carbocycles. The molecule has 2 aliphatic heterocycles. The van der Waals surface area contributed by atoms with Gasteiger partial charge in [0, 0.05) is 38.9 Å². The second-order valence-corrected chi connectivity index (χ2v) is 8.43. The van der Waals surface area contributed by atoms with Crippen molar-refractivity contribution < 1.29 is 4.74 Å². The molecule has 3 aromatic rings. The molecular weight excluding hydrogens is 434 g/mol. The first-order chi connectivity index (χ1) is 14.3. The third-order valence-electron chi connectivity index (χ3n) is 5.78. The predicted molar refractivity (Wildman–Crippen MR) is 114 cm³/mol. The third kappa shape index (κ3) is 3.99. The summed E-state index contributed by atoms with van der Waals surface area (Å²) in [5.41, 5.74) is 2.19. The summed E-state index contributed by atoms with van der Waals surface area (Å²) in [7, 11) is 0. The van der Waals surface area contributed by atoms with E-state index in [2.05, 4.69) is 51.4 Å².